The molecule has 0 radical (unpaired) electrons. The number of para-hydroxylation sites is 1. The molecule has 3 rings (SSSR count). The van der Waals surface area contributed by atoms with Gasteiger partial charge in [0.25, 0.3) is 5.91 Å². The Labute approximate surface area is 152 Å². The lowest BCUT2D eigenvalue weighted by molar-refractivity contribution is -0.154. The molecule has 0 atom stereocenters. The highest BCUT2D eigenvalue weighted by atomic mass is 16.5. The van der Waals surface area contributed by atoms with E-state index in [-0.39, 0.29) is 18.4 Å². The SMILES string of the molecule is CC(C)c1cc(C(=O)NCC2(C(=O)O)CCOCC2)c2ccccc2n1. The summed E-state index contributed by atoms with van der Waals surface area (Å²) in [6.07, 6.45) is 0.800. The molecule has 1 fully saturated rings. The van der Waals surface area contributed by atoms with E-state index in [2.05, 4.69) is 10.3 Å². The maximum absolute atomic E-state index is 12.9. The summed E-state index contributed by atoms with van der Waals surface area (Å²) >= 11 is 0. The summed E-state index contributed by atoms with van der Waals surface area (Å²) < 4.78 is 5.28. The zero-order chi connectivity index (χ0) is 18.7. The van der Waals surface area contributed by atoms with E-state index < -0.39 is 11.4 Å². The molecule has 1 aromatic heterocycles. The molecule has 0 unspecified atom stereocenters. The topological polar surface area (TPSA) is 88.5 Å². The number of carboxylic acid groups (broad SMARTS) is 1. The number of rotatable bonds is 5. The molecule has 26 heavy (non-hydrogen) atoms. The van der Waals surface area contributed by atoms with Crippen LogP contribution in [0.5, 0.6) is 0 Å². The monoisotopic (exact) mass is 356 g/mol. The second-order valence-electron chi connectivity index (χ2n) is 7.15. The predicted molar refractivity (Wildman–Crippen MR) is 98.3 cm³/mol. The van der Waals surface area contributed by atoms with Crippen LogP contribution in [0.4, 0.5) is 0 Å². The number of ether oxygens (including phenoxy) is 1. The first-order valence-corrected chi connectivity index (χ1v) is 8.92. The molecule has 2 N–H and O–H groups in total. The molecule has 0 aliphatic carbocycles. The highest BCUT2D eigenvalue weighted by Gasteiger charge is 2.40. The molecule has 2 aromatic rings. The van der Waals surface area contributed by atoms with E-state index in [0.29, 0.717) is 31.6 Å². The third-order valence-electron chi connectivity index (χ3n) is 5.06. The lowest BCUT2D eigenvalue weighted by Gasteiger charge is -2.33. The quantitative estimate of drug-likeness (QED) is 0.860. The average molecular weight is 356 g/mol. The van der Waals surface area contributed by atoms with Gasteiger partial charge in [-0.3, -0.25) is 14.6 Å². The number of benzene rings is 1. The molecule has 6 heteroatoms. The number of nitrogens with one attached hydrogen (secondary N) is 1. The van der Waals surface area contributed by atoms with Crippen LogP contribution in [0.2, 0.25) is 0 Å². The molecular formula is C20H24N2O4. The van der Waals surface area contributed by atoms with Gasteiger partial charge in [0.1, 0.15) is 0 Å². The number of carbonyl (C=O) groups is 2. The zero-order valence-electron chi connectivity index (χ0n) is 15.1. The van der Waals surface area contributed by atoms with Gasteiger partial charge in [0, 0.05) is 30.8 Å². The van der Waals surface area contributed by atoms with Crippen molar-refractivity contribution in [2.45, 2.75) is 32.6 Å². The molecule has 0 spiro atoms. The van der Waals surface area contributed by atoms with Gasteiger partial charge in [0.2, 0.25) is 0 Å². The first kappa shape index (κ1) is 18.3. The van der Waals surface area contributed by atoms with E-state index >= 15 is 0 Å². The van der Waals surface area contributed by atoms with Crippen LogP contribution in [0, 0.1) is 5.41 Å². The van der Waals surface area contributed by atoms with Gasteiger partial charge in [-0.05, 0) is 30.9 Å². The molecule has 138 valence electrons. The molecule has 0 saturated carbocycles. The van der Waals surface area contributed by atoms with Crippen molar-refractivity contribution in [2.24, 2.45) is 5.41 Å². The van der Waals surface area contributed by atoms with Crippen molar-refractivity contribution in [1.29, 1.82) is 0 Å². The van der Waals surface area contributed by atoms with E-state index in [1.807, 2.05) is 38.1 Å². The molecule has 1 amide bonds. The van der Waals surface area contributed by atoms with Crippen molar-refractivity contribution >= 4 is 22.8 Å². The summed E-state index contributed by atoms with van der Waals surface area (Å²) in [6, 6.07) is 9.31. The van der Waals surface area contributed by atoms with Gasteiger partial charge in [-0.25, -0.2) is 0 Å². The van der Waals surface area contributed by atoms with E-state index in [1.54, 1.807) is 6.07 Å². The van der Waals surface area contributed by atoms with Crippen molar-refractivity contribution < 1.29 is 19.4 Å². The third-order valence-corrected chi connectivity index (χ3v) is 5.06. The van der Waals surface area contributed by atoms with Gasteiger partial charge in [0.15, 0.2) is 0 Å². The predicted octanol–water partition coefficient (Wildman–Crippen LogP) is 2.97. The van der Waals surface area contributed by atoms with E-state index in [1.165, 1.54) is 0 Å². The Morgan fingerprint density at radius 3 is 2.62 bits per heavy atom. The van der Waals surface area contributed by atoms with Crippen LogP contribution in [0.15, 0.2) is 30.3 Å². The van der Waals surface area contributed by atoms with Crippen molar-refractivity contribution in [3.05, 3.63) is 41.6 Å². The molecular weight excluding hydrogens is 332 g/mol. The Morgan fingerprint density at radius 1 is 1.27 bits per heavy atom. The molecule has 2 heterocycles. The second kappa shape index (κ2) is 7.41. The first-order chi connectivity index (χ1) is 12.4. The minimum absolute atomic E-state index is 0.0954. The second-order valence-corrected chi connectivity index (χ2v) is 7.15. The summed E-state index contributed by atoms with van der Waals surface area (Å²) in [6.45, 7) is 4.95. The average Bonchev–Trinajstić information content (AvgIpc) is 2.65. The lowest BCUT2D eigenvalue weighted by atomic mass is 9.80. The number of hydrogen-bond donors (Lipinski definition) is 2. The number of hydrogen-bond acceptors (Lipinski definition) is 4. The van der Waals surface area contributed by atoms with E-state index in [0.717, 1.165) is 16.6 Å². The number of fused-ring (bicyclic) bond motifs is 1. The van der Waals surface area contributed by atoms with Crippen LogP contribution in [-0.2, 0) is 9.53 Å². The van der Waals surface area contributed by atoms with Gasteiger partial charge < -0.3 is 15.2 Å². The minimum Gasteiger partial charge on any atom is -0.481 e. The number of aromatic nitrogens is 1. The van der Waals surface area contributed by atoms with Crippen molar-refractivity contribution in [3.63, 3.8) is 0 Å². The first-order valence-electron chi connectivity index (χ1n) is 8.92. The highest BCUT2D eigenvalue weighted by Crippen LogP contribution is 2.30. The van der Waals surface area contributed by atoms with Crippen LogP contribution in [0.25, 0.3) is 10.9 Å². The maximum Gasteiger partial charge on any atom is 0.311 e. The Hall–Kier alpha value is -2.47. The molecule has 0 bridgehead atoms. The summed E-state index contributed by atoms with van der Waals surface area (Å²) in [4.78, 5) is 29.3. The molecule has 1 aliphatic rings. The summed E-state index contributed by atoms with van der Waals surface area (Å²) in [5.74, 6) is -0.965. The Kier molecular flexibility index (Phi) is 5.23. The lowest BCUT2D eigenvalue weighted by Crippen LogP contribution is -2.46. The van der Waals surface area contributed by atoms with Crippen LogP contribution >= 0.6 is 0 Å². The number of nitrogens with zero attached hydrogens (tertiary/aromatic N) is 1. The fraction of sp³-hybridized carbons (Fsp3) is 0.450. The van der Waals surface area contributed by atoms with E-state index in [9.17, 15) is 14.7 Å². The summed E-state index contributed by atoms with van der Waals surface area (Å²) in [5, 5.41) is 13.3. The van der Waals surface area contributed by atoms with Crippen molar-refractivity contribution in [3.8, 4) is 0 Å². The number of aliphatic carboxylic acids is 1. The molecule has 1 aromatic carbocycles. The van der Waals surface area contributed by atoms with Crippen LogP contribution in [0.1, 0.15) is 48.7 Å². The Balaban J connectivity index is 1.88. The number of amides is 1. The molecule has 1 saturated heterocycles. The van der Waals surface area contributed by atoms with Gasteiger partial charge in [-0.2, -0.15) is 0 Å². The largest absolute Gasteiger partial charge is 0.481 e. The van der Waals surface area contributed by atoms with Crippen molar-refractivity contribution in [1.82, 2.24) is 10.3 Å². The molecule has 6 nitrogen and oxygen atoms in total. The number of carboxylic acids is 1. The third kappa shape index (κ3) is 3.55. The fourth-order valence-electron chi connectivity index (χ4n) is 3.25. The number of carbonyl (C=O) groups excluding carboxylic acids is 1. The van der Waals surface area contributed by atoms with Crippen LogP contribution in [0.3, 0.4) is 0 Å². The summed E-state index contributed by atoms with van der Waals surface area (Å²) in [7, 11) is 0. The van der Waals surface area contributed by atoms with E-state index in [4.69, 9.17) is 4.74 Å². The standard InChI is InChI=1S/C20H24N2O4/c1-13(2)17-11-15(14-5-3-4-6-16(14)22-17)18(23)21-12-20(19(24)25)7-9-26-10-8-20/h3-6,11,13H,7-10,12H2,1-2H3,(H,21,23)(H,24,25). The fourth-order valence-corrected chi connectivity index (χ4v) is 3.25. The van der Waals surface area contributed by atoms with Crippen LogP contribution in [-0.4, -0.2) is 41.7 Å². The van der Waals surface area contributed by atoms with Gasteiger partial charge >= 0.3 is 5.97 Å². The Morgan fingerprint density at radius 2 is 1.96 bits per heavy atom. The molecule has 1 aliphatic heterocycles. The van der Waals surface area contributed by atoms with Gasteiger partial charge in [-0.15, -0.1) is 0 Å². The van der Waals surface area contributed by atoms with Gasteiger partial charge in [-0.1, -0.05) is 32.0 Å². The number of pyridine rings is 1. The zero-order valence-corrected chi connectivity index (χ0v) is 15.1. The Bertz CT molecular complexity index is 826. The van der Waals surface area contributed by atoms with Crippen molar-refractivity contribution in [2.75, 3.05) is 19.8 Å². The highest BCUT2D eigenvalue weighted by molar-refractivity contribution is 6.06. The summed E-state index contributed by atoms with van der Waals surface area (Å²) in [5.41, 5.74) is 1.18. The minimum atomic E-state index is -0.961. The normalized spacial score (nSPS) is 16.6. The van der Waals surface area contributed by atoms with Crippen LogP contribution < -0.4 is 5.32 Å². The maximum atomic E-state index is 12.9. The van der Waals surface area contributed by atoms with Gasteiger partial charge in [0.05, 0.1) is 16.5 Å². The smallest absolute Gasteiger partial charge is 0.311 e.